The first-order valence-corrected chi connectivity index (χ1v) is 6.09. The number of rotatable bonds is 6. The first-order chi connectivity index (χ1) is 8.36. The summed E-state index contributed by atoms with van der Waals surface area (Å²) in [4.78, 5) is 7.91. The Morgan fingerprint density at radius 2 is 2.17 bits per heavy atom. The minimum atomic E-state index is -0.669. The molecular formula is C12H21FN4O. The molecule has 1 unspecified atom stereocenters. The first kappa shape index (κ1) is 14.6. The van der Waals surface area contributed by atoms with Crippen LogP contribution in [0.2, 0.25) is 0 Å². The van der Waals surface area contributed by atoms with Crippen molar-refractivity contribution in [2.45, 2.75) is 45.8 Å². The molecular weight excluding hydrogens is 235 g/mol. The van der Waals surface area contributed by atoms with Crippen LogP contribution in [0.4, 0.5) is 16.2 Å². The van der Waals surface area contributed by atoms with Crippen LogP contribution < -0.4 is 10.6 Å². The van der Waals surface area contributed by atoms with Crippen molar-refractivity contribution >= 4 is 11.8 Å². The Labute approximate surface area is 107 Å². The average molecular weight is 256 g/mol. The van der Waals surface area contributed by atoms with Gasteiger partial charge in [-0.15, -0.1) is 0 Å². The van der Waals surface area contributed by atoms with E-state index >= 15 is 0 Å². The number of nitrogens with zero attached hydrogens (tertiary/aromatic N) is 2. The topological polar surface area (TPSA) is 70.1 Å². The molecule has 0 fully saturated rings. The fourth-order valence-corrected chi connectivity index (χ4v) is 1.19. The summed E-state index contributed by atoms with van der Waals surface area (Å²) in [7, 11) is 0. The molecule has 6 heteroatoms. The monoisotopic (exact) mass is 256 g/mol. The molecule has 1 atom stereocenters. The second-order valence-electron chi connectivity index (χ2n) is 4.84. The zero-order valence-corrected chi connectivity index (χ0v) is 11.3. The molecule has 0 bridgehead atoms. The third-order valence-electron chi connectivity index (χ3n) is 2.76. The van der Waals surface area contributed by atoms with Crippen molar-refractivity contribution in [3.63, 3.8) is 0 Å². The van der Waals surface area contributed by atoms with Gasteiger partial charge in [0.1, 0.15) is 0 Å². The molecule has 1 heterocycles. The Bertz CT molecular complexity index is 396. The predicted molar refractivity (Wildman–Crippen MR) is 70.2 cm³/mol. The van der Waals surface area contributed by atoms with Gasteiger partial charge in [0.15, 0.2) is 11.6 Å². The molecule has 0 amide bonds. The molecule has 3 N–H and O–H groups in total. The number of aliphatic hydroxyl groups is 1. The maximum absolute atomic E-state index is 13.6. The molecule has 1 rings (SSSR count). The van der Waals surface area contributed by atoms with E-state index in [4.69, 9.17) is 0 Å². The highest BCUT2D eigenvalue weighted by molar-refractivity contribution is 5.43. The number of anilines is 2. The van der Waals surface area contributed by atoms with Gasteiger partial charge in [0.25, 0.3) is 0 Å². The fourth-order valence-electron chi connectivity index (χ4n) is 1.19. The molecule has 1 aromatic heterocycles. The molecule has 0 aliphatic heterocycles. The molecule has 0 spiro atoms. The molecule has 102 valence electrons. The van der Waals surface area contributed by atoms with Crippen LogP contribution in [0, 0.1) is 5.82 Å². The smallest absolute Gasteiger partial charge is 0.224 e. The van der Waals surface area contributed by atoms with E-state index in [1.807, 2.05) is 6.92 Å². The maximum Gasteiger partial charge on any atom is 0.224 e. The van der Waals surface area contributed by atoms with Gasteiger partial charge in [-0.05, 0) is 27.2 Å². The lowest BCUT2D eigenvalue weighted by molar-refractivity contribution is 0.132. The highest BCUT2D eigenvalue weighted by Gasteiger charge is 2.25. The standard InChI is InChI=1S/C12H21FN4O/c1-5-6-14-11-15-7-9(13)10(16-11)17-12(3,4)8(2)18/h7-8,18H,5-6H2,1-4H3,(H2,14,15,16,17). The summed E-state index contributed by atoms with van der Waals surface area (Å²) in [5, 5.41) is 15.5. The van der Waals surface area contributed by atoms with Gasteiger partial charge in [0.2, 0.25) is 5.95 Å². The summed E-state index contributed by atoms with van der Waals surface area (Å²) >= 11 is 0. The van der Waals surface area contributed by atoms with Crippen LogP contribution in [0.3, 0.4) is 0 Å². The second kappa shape index (κ2) is 5.95. The Hall–Kier alpha value is -1.43. The van der Waals surface area contributed by atoms with Crippen LogP contribution in [0.25, 0.3) is 0 Å². The number of halogens is 1. The third kappa shape index (κ3) is 3.80. The second-order valence-corrected chi connectivity index (χ2v) is 4.84. The molecule has 18 heavy (non-hydrogen) atoms. The van der Waals surface area contributed by atoms with E-state index in [0.717, 1.165) is 19.2 Å². The summed E-state index contributed by atoms with van der Waals surface area (Å²) in [5.41, 5.74) is -0.669. The van der Waals surface area contributed by atoms with Crippen LogP contribution in [0.5, 0.6) is 0 Å². The van der Waals surface area contributed by atoms with Crippen molar-refractivity contribution in [1.29, 1.82) is 0 Å². The minimum absolute atomic E-state index is 0.0921. The molecule has 5 nitrogen and oxygen atoms in total. The lowest BCUT2D eigenvalue weighted by atomic mass is 9.99. The molecule has 0 saturated heterocycles. The van der Waals surface area contributed by atoms with Gasteiger partial charge in [0, 0.05) is 6.54 Å². The number of nitrogens with one attached hydrogen (secondary N) is 2. The average Bonchev–Trinajstić information content (AvgIpc) is 2.29. The predicted octanol–water partition coefficient (Wildman–Crippen LogP) is 2.01. The number of hydrogen-bond acceptors (Lipinski definition) is 5. The first-order valence-electron chi connectivity index (χ1n) is 6.09. The molecule has 0 aliphatic rings. The molecule has 0 saturated carbocycles. The summed E-state index contributed by atoms with van der Waals surface area (Å²) < 4.78 is 13.6. The summed E-state index contributed by atoms with van der Waals surface area (Å²) in [6.07, 6.45) is 1.41. The van der Waals surface area contributed by atoms with Gasteiger partial charge in [0.05, 0.1) is 17.8 Å². The van der Waals surface area contributed by atoms with E-state index in [0.29, 0.717) is 5.95 Å². The summed E-state index contributed by atoms with van der Waals surface area (Å²) in [5.74, 6) is -0.0672. The summed E-state index contributed by atoms with van der Waals surface area (Å²) in [6, 6.07) is 0. The van der Waals surface area contributed by atoms with Crippen molar-refractivity contribution in [3.05, 3.63) is 12.0 Å². The van der Waals surface area contributed by atoms with Crippen LogP contribution >= 0.6 is 0 Å². The lowest BCUT2D eigenvalue weighted by Crippen LogP contribution is -2.42. The van der Waals surface area contributed by atoms with E-state index in [-0.39, 0.29) is 5.82 Å². The van der Waals surface area contributed by atoms with E-state index < -0.39 is 17.5 Å². The largest absolute Gasteiger partial charge is 0.391 e. The normalized spacial score (nSPS) is 13.2. The Morgan fingerprint density at radius 3 is 2.72 bits per heavy atom. The van der Waals surface area contributed by atoms with E-state index in [1.165, 1.54) is 0 Å². The Kier molecular flexibility index (Phi) is 4.84. The highest BCUT2D eigenvalue weighted by Crippen LogP contribution is 2.19. The van der Waals surface area contributed by atoms with Crippen molar-refractivity contribution in [3.8, 4) is 0 Å². The minimum Gasteiger partial charge on any atom is -0.391 e. The number of aromatic nitrogens is 2. The Morgan fingerprint density at radius 1 is 1.50 bits per heavy atom. The maximum atomic E-state index is 13.6. The lowest BCUT2D eigenvalue weighted by Gasteiger charge is -2.30. The number of hydrogen-bond donors (Lipinski definition) is 3. The zero-order valence-electron chi connectivity index (χ0n) is 11.3. The molecule has 0 aromatic carbocycles. The van der Waals surface area contributed by atoms with Gasteiger partial charge < -0.3 is 15.7 Å². The SMILES string of the molecule is CCCNc1ncc(F)c(NC(C)(C)C(C)O)n1. The van der Waals surface area contributed by atoms with E-state index in [2.05, 4.69) is 20.6 Å². The highest BCUT2D eigenvalue weighted by atomic mass is 19.1. The van der Waals surface area contributed by atoms with Gasteiger partial charge >= 0.3 is 0 Å². The van der Waals surface area contributed by atoms with E-state index in [9.17, 15) is 9.50 Å². The summed E-state index contributed by atoms with van der Waals surface area (Å²) in [6.45, 7) is 7.94. The van der Waals surface area contributed by atoms with Gasteiger partial charge in [-0.2, -0.15) is 4.98 Å². The molecule has 0 radical (unpaired) electrons. The van der Waals surface area contributed by atoms with Crippen LogP contribution in [0.15, 0.2) is 6.20 Å². The molecule has 1 aromatic rings. The van der Waals surface area contributed by atoms with Crippen molar-refractivity contribution < 1.29 is 9.50 Å². The van der Waals surface area contributed by atoms with Crippen molar-refractivity contribution in [2.24, 2.45) is 0 Å². The quantitative estimate of drug-likeness (QED) is 0.726. The third-order valence-corrected chi connectivity index (χ3v) is 2.76. The molecule has 0 aliphatic carbocycles. The van der Waals surface area contributed by atoms with Crippen LogP contribution in [-0.2, 0) is 0 Å². The van der Waals surface area contributed by atoms with Crippen LogP contribution in [0.1, 0.15) is 34.1 Å². The van der Waals surface area contributed by atoms with E-state index in [1.54, 1.807) is 20.8 Å². The van der Waals surface area contributed by atoms with Gasteiger partial charge in [-0.25, -0.2) is 9.37 Å². The van der Waals surface area contributed by atoms with Crippen LogP contribution in [-0.4, -0.2) is 33.3 Å². The van der Waals surface area contributed by atoms with Gasteiger partial charge in [-0.3, -0.25) is 0 Å². The van der Waals surface area contributed by atoms with Crippen molar-refractivity contribution in [1.82, 2.24) is 9.97 Å². The fraction of sp³-hybridized carbons (Fsp3) is 0.667. The van der Waals surface area contributed by atoms with Gasteiger partial charge in [-0.1, -0.05) is 6.92 Å². The number of aliphatic hydroxyl groups excluding tert-OH is 1. The Balaban J connectivity index is 2.87. The zero-order chi connectivity index (χ0) is 13.8. The van der Waals surface area contributed by atoms with Crippen molar-refractivity contribution in [2.75, 3.05) is 17.2 Å².